The Kier molecular flexibility index (Phi) is 9.59. The molecule has 0 saturated carbocycles. The molecule has 7 rings (SSSR count). The minimum atomic E-state index is -0.0828. The largest absolute Gasteiger partial charge is 0.310 e. The summed E-state index contributed by atoms with van der Waals surface area (Å²) in [7, 11) is 0. The van der Waals surface area contributed by atoms with Crippen LogP contribution in [-0.4, -0.2) is 0 Å². The van der Waals surface area contributed by atoms with Gasteiger partial charge in [0.25, 0.3) is 0 Å². The average molecular weight is 738 g/mol. The van der Waals surface area contributed by atoms with E-state index in [1.807, 2.05) is 0 Å². The monoisotopic (exact) mass is 737 g/mol. The number of rotatable bonds is 5. The van der Waals surface area contributed by atoms with Crippen LogP contribution in [0.2, 0.25) is 0 Å². The zero-order valence-electron chi connectivity index (χ0n) is 36.6. The van der Waals surface area contributed by atoms with E-state index in [0.29, 0.717) is 0 Å². The fourth-order valence-electron chi connectivity index (χ4n) is 8.25. The highest BCUT2D eigenvalue weighted by Gasteiger charge is 2.36. The van der Waals surface area contributed by atoms with Crippen LogP contribution in [0.1, 0.15) is 130 Å². The summed E-state index contributed by atoms with van der Waals surface area (Å²) in [4.78, 5) is 2.45. The summed E-state index contributed by atoms with van der Waals surface area (Å²) in [6, 6.07) is 48.8. The third-order valence-electron chi connectivity index (χ3n) is 12.1. The molecule has 0 amide bonds. The van der Waals surface area contributed by atoms with Gasteiger partial charge in [-0.3, -0.25) is 0 Å². The topological polar surface area (TPSA) is 3.24 Å². The minimum absolute atomic E-state index is 0.00489. The highest BCUT2D eigenvalue weighted by atomic mass is 15.1. The van der Waals surface area contributed by atoms with Crippen LogP contribution >= 0.6 is 0 Å². The van der Waals surface area contributed by atoms with Gasteiger partial charge >= 0.3 is 0 Å². The second-order valence-corrected chi connectivity index (χ2v) is 20.9. The van der Waals surface area contributed by atoms with E-state index in [1.54, 1.807) is 0 Å². The first kappa shape index (κ1) is 39.4. The first-order valence-electron chi connectivity index (χ1n) is 20.6. The van der Waals surface area contributed by atoms with E-state index < -0.39 is 0 Å². The molecule has 0 spiro atoms. The summed E-state index contributed by atoms with van der Waals surface area (Å²) >= 11 is 0. The van der Waals surface area contributed by atoms with E-state index in [9.17, 15) is 0 Å². The lowest BCUT2D eigenvalue weighted by Crippen LogP contribution is -2.17. The molecule has 0 atom stereocenters. The Morgan fingerprint density at radius 1 is 0.339 bits per heavy atom. The lowest BCUT2D eigenvalue weighted by Gasteiger charge is -2.30. The third kappa shape index (κ3) is 7.50. The zero-order chi connectivity index (χ0) is 40.6. The van der Waals surface area contributed by atoms with Gasteiger partial charge in [0.1, 0.15) is 0 Å². The van der Waals surface area contributed by atoms with Gasteiger partial charge in [-0.05, 0) is 131 Å². The molecule has 1 nitrogen and oxygen atoms in total. The highest BCUT2D eigenvalue weighted by Crippen LogP contribution is 2.51. The molecule has 0 saturated heterocycles. The van der Waals surface area contributed by atoms with Crippen molar-refractivity contribution >= 4 is 17.1 Å². The second kappa shape index (κ2) is 13.7. The van der Waals surface area contributed by atoms with Crippen LogP contribution in [0.15, 0.2) is 127 Å². The van der Waals surface area contributed by atoms with Crippen molar-refractivity contribution in [1.29, 1.82) is 0 Å². The normalized spacial score (nSPS) is 14.0. The number of benzene rings is 6. The summed E-state index contributed by atoms with van der Waals surface area (Å²) in [5.41, 5.74) is 19.4. The van der Waals surface area contributed by atoms with E-state index in [-0.39, 0.29) is 27.1 Å². The van der Waals surface area contributed by atoms with Gasteiger partial charge in [-0.15, -0.1) is 0 Å². The lowest BCUT2D eigenvalue weighted by atomic mass is 9.78. The summed E-state index contributed by atoms with van der Waals surface area (Å²) in [5, 5.41) is 0. The Hall–Kier alpha value is -4.88. The van der Waals surface area contributed by atoms with E-state index in [0.717, 1.165) is 5.69 Å². The standard InChI is InChI=1S/C55H63N/c1-51(2,3)40-18-17-19-45(34-40)56(46-26-27-48-47-20-15-16-21-49(47)55(13,14)50(48)35-46)44-24-22-36(23-25-44)37-28-38(30-41(29-37)52(4,5)6)39-31-42(53(7,8)9)33-43(32-39)54(10,11)12/h15-35H,1-14H3. The molecule has 0 aliphatic heterocycles. The molecule has 1 aliphatic carbocycles. The maximum Gasteiger partial charge on any atom is 0.0465 e. The van der Waals surface area contributed by atoms with Crippen molar-refractivity contribution in [3.63, 3.8) is 0 Å². The SMILES string of the molecule is CC(C)(C)c1cc(-c2ccc(N(c3cccc(C(C)(C)C)c3)c3ccc4c(c3)C(C)(C)c3ccccc3-4)cc2)cc(-c2cc(C(C)(C)C)cc(C(C)(C)C)c2)c1. The van der Waals surface area contributed by atoms with Gasteiger partial charge in [-0.1, -0.05) is 182 Å². The first-order valence-corrected chi connectivity index (χ1v) is 20.6. The minimum Gasteiger partial charge on any atom is -0.310 e. The molecule has 1 aliphatic rings. The van der Waals surface area contributed by atoms with Crippen molar-refractivity contribution in [1.82, 2.24) is 0 Å². The molecule has 6 aromatic carbocycles. The third-order valence-corrected chi connectivity index (χ3v) is 12.1. The Morgan fingerprint density at radius 3 is 1.38 bits per heavy atom. The molecule has 288 valence electrons. The lowest BCUT2D eigenvalue weighted by molar-refractivity contribution is 0.569. The molecular weight excluding hydrogens is 675 g/mol. The summed E-state index contributed by atoms with van der Waals surface area (Å²) in [5.74, 6) is 0. The predicted octanol–water partition coefficient (Wildman–Crippen LogP) is 16.0. The van der Waals surface area contributed by atoms with E-state index in [1.165, 1.54) is 78.1 Å². The maximum atomic E-state index is 2.45. The molecule has 0 aromatic heterocycles. The van der Waals surface area contributed by atoms with Gasteiger partial charge in [0.2, 0.25) is 0 Å². The number of fused-ring (bicyclic) bond motifs is 3. The number of nitrogens with zero attached hydrogens (tertiary/aromatic N) is 1. The molecule has 0 N–H and O–H groups in total. The highest BCUT2D eigenvalue weighted by molar-refractivity contribution is 5.86. The fraction of sp³-hybridized carbons (Fsp3) is 0.345. The van der Waals surface area contributed by atoms with Gasteiger partial charge in [0.05, 0.1) is 0 Å². The van der Waals surface area contributed by atoms with Crippen molar-refractivity contribution in [2.75, 3.05) is 4.90 Å². The van der Waals surface area contributed by atoms with Gasteiger partial charge < -0.3 is 4.90 Å². The molecule has 56 heavy (non-hydrogen) atoms. The molecule has 6 aromatic rings. The van der Waals surface area contributed by atoms with Crippen molar-refractivity contribution in [3.8, 4) is 33.4 Å². The van der Waals surface area contributed by atoms with E-state index in [2.05, 4.69) is 229 Å². The molecule has 0 unspecified atom stereocenters. The zero-order valence-corrected chi connectivity index (χ0v) is 36.6. The molecule has 0 bridgehead atoms. The van der Waals surface area contributed by atoms with E-state index in [4.69, 9.17) is 0 Å². The smallest absolute Gasteiger partial charge is 0.0465 e. The van der Waals surface area contributed by atoms with Crippen LogP contribution in [0.5, 0.6) is 0 Å². The number of hydrogen-bond acceptors (Lipinski definition) is 1. The Balaban J connectivity index is 1.36. The van der Waals surface area contributed by atoms with Gasteiger partial charge in [-0.2, -0.15) is 0 Å². The molecule has 0 fully saturated rings. The number of anilines is 3. The van der Waals surface area contributed by atoms with Gasteiger partial charge in [-0.25, -0.2) is 0 Å². The van der Waals surface area contributed by atoms with Gasteiger partial charge in [0.15, 0.2) is 0 Å². The predicted molar refractivity (Wildman–Crippen MR) is 244 cm³/mol. The maximum absolute atomic E-state index is 2.45. The van der Waals surface area contributed by atoms with Gasteiger partial charge in [0, 0.05) is 22.5 Å². The Bertz CT molecular complexity index is 2380. The van der Waals surface area contributed by atoms with E-state index >= 15 is 0 Å². The molecule has 0 heterocycles. The Morgan fingerprint density at radius 2 is 0.804 bits per heavy atom. The summed E-state index contributed by atoms with van der Waals surface area (Å²) in [6.45, 7) is 32.5. The van der Waals surface area contributed by atoms with Crippen molar-refractivity contribution in [3.05, 3.63) is 161 Å². The average Bonchev–Trinajstić information content (AvgIpc) is 3.36. The Labute approximate surface area is 338 Å². The summed E-state index contributed by atoms with van der Waals surface area (Å²) in [6.07, 6.45) is 0. The van der Waals surface area contributed by atoms with Crippen molar-refractivity contribution in [2.24, 2.45) is 0 Å². The number of hydrogen-bond donors (Lipinski definition) is 0. The van der Waals surface area contributed by atoms with Crippen LogP contribution in [0.3, 0.4) is 0 Å². The van der Waals surface area contributed by atoms with Crippen LogP contribution < -0.4 is 4.90 Å². The molecule has 1 heteroatoms. The van der Waals surface area contributed by atoms with Crippen LogP contribution in [0, 0.1) is 0 Å². The summed E-state index contributed by atoms with van der Waals surface area (Å²) < 4.78 is 0. The quantitative estimate of drug-likeness (QED) is 0.170. The van der Waals surface area contributed by atoms with Crippen LogP contribution in [-0.2, 0) is 27.1 Å². The van der Waals surface area contributed by atoms with Crippen LogP contribution in [0.25, 0.3) is 33.4 Å². The van der Waals surface area contributed by atoms with Crippen molar-refractivity contribution in [2.45, 2.75) is 124 Å². The first-order chi connectivity index (χ1) is 26.0. The fourth-order valence-corrected chi connectivity index (χ4v) is 8.25. The second-order valence-electron chi connectivity index (χ2n) is 20.9. The molecule has 0 radical (unpaired) electrons. The molecular formula is C55H63N. The van der Waals surface area contributed by atoms with Crippen molar-refractivity contribution < 1.29 is 0 Å². The van der Waals surface area contributed by atoms with Crippen LogP contribution in [0.4, 0.5) is 17.1 Å².